The van der Waals surface area contributed by atoms with E-state index >= 15 is 0 Å². The predicted octanol–water partition coefficient (Wildman–Crippen LogP) is 1.46. The van der Waals surface area contributed by atoms with Crippen molar-refractivity contribution in [3.63, 3.8) is 0 Å². The van der Waals surface area contributed by atoms with Crippen LogP contribution in [0.2, 0.25) is 0 Å². The second kappa shape index (κ2) is 5.93. The number of morpholine rings is 1. The quantitative estimate of drug-likeness (QED) is 0.775. The van der Waals surface area contributed by atoms with Gasteiger partial charge in [-0.1, -0.05) is 18.2 Å². The van der Waals surface area contributed by atoms with Gasteiger partial charge in [0.15, 0.2) is 0 Å². The average Bonchev–Trinajstić information content (AvgIpc) is 2.75. The molecule has 124 valence electrons. The van der Waals surface area contributed by atoms with Gasteiger partial charge in [-0.3, -0.25) is 4.79 Å². The van der Waals surface area contributed by atoms with Crippen molar-refractivity contribution in [2.75, 3.05) is 26.3 Å². The maximum absolute atomic E-state index is 12.9. The monoisotopic (exact) mass is 317 g/mol. The van der Waals surface area contributed by atoms with Crippen LogP contribution in [-0.4, -0.2) is 55.4 Å². The summed E-state index contributed by atoms with van der Waals surface area (Å²) < 4.78 is 17.5. The smallest absolute Gasteiger partial charge is 0.399 e. The Hall–Kier alpha value is -1.37. The van der Waals surface area contributed by atoms with Crippen LogP contribution in [0, 0.1) is 0 Å². The third kappa shape index (κ3) is 3.03. The molecule has 2 aliphatic heterocycles. The van der Waals surface area contributed by atoms with E-state index < -0.39 is 18.3 Å². The molecule has 3 rings (SSSR count). The van der Waals surface area contributed by atoms with Crippen LogP contribution in [0.25, 0.3) is 0 Å². The SMILES string of the molecule is CC1(C)OB(c2ccccc2C(=O)N2CCOCC2)OC1(C)C. The summed E-state index contributed by atoms with van der Waals surface area (Å²) >= 11 is 0. The standard InChI is InChI=1S/C17H24BNO4/c1-16(2)17(3,4)23-18(22-16)14-8-6-5-7-13(14)15(20)19-9-11-21-12-10-19/h5-8H,9-12H2,1-4H3. The number of carbonyl (C=O) groups is 1. The number of hydrogen-bond donors (Lipinski definition) is 0. The van der Waals surface area contributed by atoms with Crippen LogP contribution >= 0.6 is 0 Å². The van der Waals surface area contributed by atoms with Gasteiger partial charge in [-0.2, -0.15) is 0 Å². The van der Waals surface area contributed by atoms with Gasteiger partial charge < -0.3 is 18.9 Å². The van der Waals surface area contributed by atoms with Gasteiger partial charge in [0.2, 0.25) is 0 Å². The molecule has 0 aromatic heterocycles. The highest BCUT2D eigenvalue weighted by Crippen LogP contribution is 2.36. The van der Waals surface area contributed by atoms with E-state index in [-0.39, 0.29) is 5.91 Å². The van der Waals surface area contributed by atoms with Gasteiger partial charge in [-0.15, -0.1) is 0 Å². The largest absolute Gasteiger partial charge is 0.495 e. The molecule has 1 aromatic rings. The minimum absolute atomic E-state index is 0.0126. The molecule has 0 aliphatic carbocycles. The third-order valence-corrected chi connectivity index (χ3v) is 5.00. The lowest BCUT2D eigenvalue weighted by Crippen LogP contribution is -2.45. The lowest BCUT2D eigenvalue weighted by Gasteiger charge is -2.32. The second-order valence-electron chi connectivity index (χ2n) is 7.08. The summed E-state index contributed by atoms with van der Waals surface area (Å²) in [5, 5.41) is 0. The van der Waals surface area contributed by atoms with Crippen LogP contribution in [0.1, 0.15) is 38.1 Å². The molecule has 1 amide bonds. The molecular weight excluding hydrogens is 293 g/mol. The van der Waals surface area contributed by atoms with E-state index in [1.54, 1.807) is 0 Å². The fourth-order valence-corrected chi connectivity index (χ4v) is 2.80. The van der Waals surface area contributed by atoms with Crippen molar-refractivity contribution in [3.8, 4) is 0 Å². The summed E-state index contributed by atoms with van der Waals surface area (Å²) in [5.41, 5.74) is 0.593. The molecule has 5 nitrogen and oxygen atoms in total. The van der Waals surface area contributed by atoms with E-state index in [9.17, 15) is 4.79 Å². The Kier molecular flexibility index (Phi) is 4.25. The zero-order chi connectivity index (χ0) is 16.7. The van der Waals surface area contributed by atoms with Gasteiger partial charge in [0.05, 0.1) is 24.4 Å². The second-order valence-corrected chi connectivity index (χ2v) is 7.08. The topological polar surface area (TPSA) is 48.0 Å². The van der Waals surface area contributed by atoms with Crippen molar-refractivity contribution >= 4 is 18.5 Å². The molecule has 0 bridgehead atoms. The van der Waals surface area contributed by atoms with E-state index in [0.29, 0.717) is 31.9 Å². The number of nitrogens with zero attached hydrogens (tertiary/aromatic N) is 1. The van der Waals surface area contributed by atoms with Crippen LogP contribution in [0.3, 0.4) is 0 Å². The van der Waals surface area contributed by atoms with Gasteiger partial charge in [0, 0.05) is 18.7 Å². The van der Waals surface area contributed by atoms with Crippen molar-refractivity contribution in [1.82, 2.24) is 4.90 Å². The Bertz CT molecular complexity index is 580. The molecular formula is C17H24BNO4. The normalized spacial score (nSPS) is 23.1. The maximum Gasteiger partial charge on any atom is 0.495 e. The van der Waals surface area contributed by atoms with E-state index in [1.807, 2.05) is 56.9 Å². The first-order valence-corrected chi connectivity index (χ1v) is 8.13. The van der Waals surface area contributed by atoms with Crippen LogP contribution < -0.4 is 5.46 Å². The first-order chi connectivity index (χ1) is 10.8. The highest BCUT2D eigenvalue weighted by molar-refractivity contribution is 6.63. The van der Waals surface area contributed by atoms with E-state index in [2.05, 4.69) is 0 Å². The van der Waals surface area contributed by atoms with E-state index in [4.69, 9.17) is 14.0 Å². The highest BCUT2D eigenvalue weighted by Gasteiger charge is 2.52. The molecule has 0 spiro atoms. The number of benzene rings is 1. The average molecular weight is 317 g/mol. The molecule has 2 aliphatic rings. The lowest BCUT2D eigenvalue weighted by molar-refractivity contribution is 0.00578. The first kappa shape index (κ1) is 16.5. The molecule has 2 fully saturated rings. The Morgan fingerprint density at radius 2 is 1.61 bits per heavy atom. The molecule has 0 unspecified atom stereocenters. The molecule has 1 aromatic carbocycles. The number of rotatable bonds is 2. The van der Waals surface area contributed by atoms with Crippen molar-refractivity contribution in [3.05, 3.63) is 29.8 Å². The van der Waals surface area contributed by atoms with Gasteiger partial charge in [0.25, 0.3) is 5.91 Å². The Labute approximate surface area is 138 Å². The Morgan fingerprint density at radius 3 is 2.22 bits per heavy atom. The Balaban J connectivity index is 1.88. The summed E-state index contributed by atoms with van der Waals surface area (Å²) in [6.45, 7) is 10.5. The molecule has 2 saturated heterocycles. The molecule has 2 heterocycles. The Morgan fingerprint density at radius 1 is 1.04 bits per heavy atom. The molecule has 23 heavy (non-hydrogen) atoms. The van der Waals surface area contributed by atoms with Crippen LogP contribution in [0.4, 0.5) is 0 Å². The fraction of sp³-hybridized carbons (Fsp3) is 0.588. The molecule has 6 heteroatoms. The maximum atomic E-state index is 12.9. The predicted molar refractivity (Wildman–Crippen MR) is 88.9 cm³/mol. The number of amides is 1. The van der Waals surface area contributed by atoms with Gasteiger partial charge in [-0.25, -0.2) is 0 Å². The minimum Gasteiger partial charge on any atom is -0.399 e. The van der Waals surface area contributed by atoms with Crippen molar-refractivity contribution < 1.29 is 18.8 Å². The van der Waals surface area contributed by atoms with Gasteiger partial charge >= 0.3 is 7.12 Å². The zero-order valence-electron chi connectivity index (χ0n) is 14.3. The summed E-state index contributed by atoms with van der Waals surface area (Å²) in [6.07, 6.45) is 0. The molecule has 0 saturated carbocycles. The van der Waals surface area contributed by atoms with Crippen LogP contribution in [0.5, 0.6) is 0 Å². The van der Waals surface area contributed by atoms with Crippen molar-refractivity contribution in [1.29, 1.82) is 0 Å². The number of hydrogen-bond acceptors (Lipinski definition) is 4. The van der Waals surface area contributed by atoms with Gasteiger partial charge in [0.1, 0.15) is 0 Å². The first-order valence-electron chi connectivity index (χ1n) is 8.13. The third-order valence-electron chi connectivity index (χ3n) is 5.00. The van der Waals surface area contributed by atoms with Crippen molar-refractivity contribution in [2.24, 2.45) is 0 Å². The number of ether oxygens (including phenoxy) is 1. The lowest BCUT2D eigenvalue weighted by atomic mass is 9.75. The molecule has 0 atom stereocenters. The van der Waals surface area contributed by atoms with E-state index in [1.165, 1.54) is 0 Å². The minimum atomic E-state index is -0.527. The van der Waals surface area contributed by atoms with Gasteiger partial charge in [-0.05, 0) is 39.2 Å². The summed E-state index contributed by atoms with van der Waals surface area (Å²) in [6, 6.07) is 7.55. The van der Waals surface area contributed by atoms with Crippen LogP contribution in [-0.2, 0) is 14.0 Å². The molecule has 0 N–H and O–H groups in total. The molecule has 0 radical (unpaired) electrons. The van der Waals surface area contributed by atoms with Crippen LogP contribution in [0.15, 0.2) is 24.3 Å². The summed E-state index contributed by atoms with van der Waals surface area (Å²) in [5.74, 6) is 0.0126. The highest BCUT2D eigenvalue weighted by atomic mass is 16.7. The summed E-state index contributed by atoms with van der Waals surface area (Å²) in [7, 11) is -0.527. The zero-order valence-corrected chi connectivity index (χ0v) is 14.3. The van der Waals surface area contributed by atoms with E-state index in [0.717, 1.165) is 5.46 Å². The summed E-state index contributed by atoms with van der Waals surface area (Å²) in [4.78, 5) is 14.7. The fourth-order valence-electron chi connectivity index (χ4n) is 2.80. The number of carbonyl (C=O) groups excluding carboxylic acids is 1. The van der Waals surface area contributed by atoms with Crippen molar-refractivity contribution in [2.45, 2.75) is 38.9 Å².